The fourth-order valence-electron chi connectivity index (χ4n) is 1.37. The number of rotatable bonds is 2. The Morgan fingerprint density at radius 1 is 1.24 bits per heavy atom. The average Bonchev–Trinajstić information content (AvgIpc) is 2.33. The summed E-state index contributed by atoms with van der Waals surface area (Å²) in [4.78, 5) is 14.4. The summed E-state index contributed by atoms with van der Waals surface area (Å²) in [7, 11) is 0. The van der Waals surface area contributed by atoms with E-state index in [1.54, 1.807) is 12.1 Å². The Hall–Kier alpha value is -1.94. The van der Waals surface area contributed by atoms with Gasteiger partial charge in [-0.3, -0.25) is 0 Å². The molecule has 1 aromatic heterocycles. The lowest BCUT2D eigenvalue weighted by Gasteiger charge is -2.03. The van der Waals surface area contributed by atoms with E-state index in [1.165, 1.54) is 24.4 Å². The molecule has 1 heterocycles. The zero-order valence-electron chi connectivity index (χ0n) is 8.52. The molecule has 1 aromatic carbocycles. The number of pyridine rings is 1. The number of aromatic carboxylic acids is 1. The van der Waals surface area contributed by atoms with Gasteiger partial charge in [-0.1, -0.05) is 23.7 Å². The molecule has 2 rings (SSSR count). The van der Waals surface area contributed by atoms with Crippen LogP contribution in [0.1, 0.15) is 10.5 Å². The molecule has 0 radical (unpaired) electrons. The van der Waals surface area contributed by atoms with Gasteiger partial charge in [-0.2, -0.15) is 0 Å². The summed E-state index contributed by atoms with van der Waals surface area (Å²) < 4.78 is 13.0. The quantitative estimate of drug-likeness (QED) is 0.891. The first-order chi connectivity index (χ1) is 8.08. The first-order valence-electron chi connectivity index (χ1n) is 4.72. The number of halogens is 2. The van der Waals surface area contributed by atoms with Crippen LogP contribution in [0.15, 0.2) is 36.5 Å². The molecule has 0 aliphatic carbocycles. The number of benzene rings is 1. The highest BCUT2D eigenvalue weighted by Crippen LogP contribution is 2.24. The molecule has 86 valence electrons. The Balaban J connectivity index is 2.39. The number of aromatic nitrogens is 1. The van der Waals surface area contributed by atoms with Gasteiger partial charge in [0.15, 0.2) is 0 Å². The molecule has 0 aliphatic rings. The largest absolute Gasteiger partial charge is 0.477 e. The van der Waals surface area contributed by atoms with Crippen LogP contribution in [-0.2, 0) is 0 Å². The molecule has 0 amide bonds. The first-order valence-corrected chi connectivity index (χ1v) is 5.10. The SMILES string of the molecule is O=C(O)c1ccc(-c2ccc(F)c(Cl)c2)cn1. The Morgan fingerprint density at radius 3 is 2.47 bits per heavy atom. The van der Waals surface area contributed by atoms with E-state index in [2.05, 4.69) is 4.98 Å². The summed E-state index contributed by atoms with van der Waals surface area (Å²) in [6.07, 6.45) is 1.41. The number of hydrogen-bond donors (Lipinski definition) is 1. The van der Waals surface area contributed by atoms with E-state index >= 15 is 0 Å². The lowest BCUT2D eigenvalue weighted by Crippen LogP contribution is -1.99. The van der Waals surface area contributed by atoms with Gasteiger partial charge in [0.2, 0.25) is 0 Å². The third kappa shape index (κ3) is 2.42. The average molecular weight is 252 g/mol. The van der Waals surface area contributed by atoms with Crippen molar-refractivity contribution in [3.8, 4) is 11.1 Å². The molecule has 0 fully saturated rings. The maximum atomic E-state index is 13.0. The molecule has 0 bridgehead atoms. The predicted octanol–water partition coefficient (Wildman–Crippen LogP) is 3.24. The van der Waals surface area contributed by atoms with Gasteiger partial charge in [-0.25, -0.2) is 14.2 Å². The number of nitrogens with zero attached hydrogens (tertiary/aromatic N) is 1. The molecule has 0 aliphatic heterocycles. The van der Waals surface area contributed by atoms with Crippen molar-refractivity contribution in [3.05, 3.63) is 53.1 Å². The van der Waals surface area contributed by atoms with Crippen LogP contribution in [-0.4, -0.2) is 16.1 Å². The van der Waals surface area contributed by atoms with E-state index in [4.69, 9.17) is 16.7 Å². The fraction of sp³-hybridized carbons (Fsp3) is 0. The molecule has 17 heavy (non-hydrogen) atoms. The Kier molecular flexibility index (Phi) is 3.06. The Morgan fingerprint density at radius 2 is 1.94 bits per heavy atom. The zero-order valence-corrected chi connectivity index (χ0v) is 9.28. The number of carboxylic acid groups (broad SMARTS) is 1. The molecular weight excluding hydrogens is 245 g/mol. The zero-order chi connectivity index (χ0) is 12.4. The highest BCUT2D eigenvalue weighted by atomic mass is 35.5. The van der Waals surface area contributed by atoms with Crippen LogP contribution in [0.4, 0.5) is 4.39 Å². The van der Waals surface area contributed by atoms with Crippen molar-refractivity contribution >= 4 is 17.6 Å². The standard InChI is InChI=1S/C12H7ClFNO2/c13-9-5-7(1-3-10(9)14)8-2-4-11(12(16)17)15-6-8/h1-6H,(H,16,17). The maximum absolute atomic E-state index is 13.0. The normalized spacial score (nSPS) is 10.2. The molecule has 0 unspecified atom stereocenters. The van der Waals surface area contributed by atoms with E-state index in [9.17, 15) is 9.18 Å². The molecule has 5 heteroatoms. The van der Waals surface area contributed by atoms with E-state index in [0.29, 0.717) is 11.1 Å². The topological polar surface area (TPSA) is 50.2 Å². The van der Waals surface area contributed by atoms with Crippen LogP contribution >= 0.6 is 11.6 Å². The highest BCUT2D eigenvalue weighted by molar-refractivity contribution is 6.31. The van der Waals surface area contributed by atoms with Crippen molar-refractivity contribution in [2.24, 2.45) is 0 Å². The van der Waals surface area contributed by atoms with Gasteiger partial charge in [-0.15, -0.1) is 0 Å². The third-order valence-electron chi connectivity index (χ3n) is 2.24. The van der Waals surface area contributed by atoms with Crippen LogP contribution in [0.3, 0.4) is 0 Å². The van der Waals surface area contributed by atoms with Crippen molar-refractivity contribution < 1.29 is 14.3 Å². The minimum atomic E-state index is -1.09. The van der Waals surface area contributed by atoms with Gasteiger partial charge in [0.1, 0.15) is 11.5 Å². The minimum absolute atomic E-state index is 0.0183. The van der Waals surface area contributed by atoms with Gasteiger partial charge in [0.25, 0.3) is 0 Å². The Bertz CT molecular complexity index is 569. The molecular formula is C12H7ClFNO2. The van der Waals surface area contributed by atoms with Gasteiger partial charge in [0, 0.05) is 11.8 Å². The third-order valence-corrected chi connectivity index (χ3v) is 2.53. The van der Waals surface area contributed by atoms with E-state index in [0.717, 1.165) is 0 Å². The number of carbonyl (C=O) groups is 1. The van der Waals surface area contributed by atoms with Gasteiger partial charge < -0.3 is 5.11 Å². The second-order valence-corrected chi connectivity index (χ2v) is 3.77. The summed E-state index contributed by atoms with van der Waals surface area (Å²) in [6, 6.07) is 7.25. The monoisotopic (exact) mass is 251 g/mol. The summed E-state index contributed by atoms with van der Waals surface area (Å²) in [5.41, 5.74) is 1.32. The molecule has 0 spiro atoms. The maximum Gasteiger partial charge on any atom is 0.354 e. The molecule has 2 aromatic rings. The van der Waals surface area contributed by atoms with Crippen molar-refractivity contribution in [3.63, 3.8) is 0 Å². The Labute approximate surface area is 101 Å². The molecule has 0 atom stereocenters. The van der Waals surface area contributed by atoms with Crippen LogP contribution < -0.4 is 0 Å². The molecule has 0 saturated heterocycles. The van der Waals surface area contributed by atoms with Crippen molar-refractivity contribution in [1.82, 2.24) is 4.98 Å². The highest BCUT2D eigenvalue weighted by Gasteiger charge is 2.06. The second-order valence-electron chi connectivity index (χ2n) is 3.37. The van der Waals surface area contributed by atoms with Gasteiger partial charge >= 0.3 is 5.97 Å². The minimum Gasteiger partial charge on any atom is -0.477 e. The number of hydrogen-bond acceptors (Lipinski definition) is 2. The van der Waals surface area contributed by atoms with Crippen LogP contribution in [0.2, 0.25) is 5.02 Å². The smallest absolute Gasteiger partial charge is 0.354 e. The summed E-state index contributed by atoms with van der Waals surface area (Å²) in [5, 5.41) is 8.71. The van der Waals surface area contributed by atoms with Gasteiger partial charge in [0.05, 0.1) is 5.02 Å². The molecule has 1 N–H and O–H groups in total. The summed E-state index contributed by atoms with van der Waals surface area (Å²) in [6.45, 7) is 0. The van der Waals surface area contributed by atoms with E-state index in [-0.39, 0.29) is 10.7 Å². The second kappa shape index (κ2) is 4.51. The molecule has 0 saturated carbocycles. The molecule has 3 nitrogen and oxygen atoms in total. The van der Waals surface area contributed by atoms with Gasteiger partial charge in [-0.05, 0) is 23.8 Å². The van der Waals surface area contributed by atoms with Crippen molar-refractivity contribution in [2.45, 2.75) is 0 Å². The summed E-state index contributed by atoms with van der Waals surface area (Å²) in [5.74, 6) is -1.58. The van der Waals surface area contributed by atoms with Crippen molar-refractivity contribution in [1.29, 1.82) is 0 Å². The number of carboxylic acids is 1. The lowest BCUT2D eigenvalue weighted by molar-refractivity contribution is 0.0690. The van der Waals surface area contributed by atoms with Crippen LogP contribution in [0.25, 0.3) is 11.1 Å². The predicted molar refractivity (Wildman–Crippen MR) is 61.6 cm³/mol. The van der Waals surface area contributed by atoms with E-state index < -0.39 is 11.8 Å². The van der Waals surface area contributed by atoms with Crippen LogP contribution in [0, 0.1) is 5.82 Å². The lowest BCUT2D eigenvalue weighted by atomic mass is 10.1. The van der Waals surface area contributed by atoms with E-state index in [1.807, 2.05) is 0 Å². The van der Waals surface area contributed by atoms with Crippen LogP contribution in [0.5, 0.6) is 0 Å². The fourth-order valence-corrected chi connectivity index (χ4v) is 1.55. The van der Waals surface area contributed by atoms with Crippen molar-refractivity contribution in [2.75, 3.05) is 0 Å². The first kappa shape index (κ1) is 11.5. The summed E-state index contributed by atoms with van der Waals surface area (Å²) >= 11 is 5.66.